The maximum atomic E-state index is 13.1. The van der Waals surface area contributed by atoms with E-state index in [2.05, 4.69) is 48.2 Å². The molecule has 4 rings (SSSR count). The van der Waals surface area contributed by atoms with Gasteiger partial charge in [0, 0.05) is 50.9 Å². The number of carbonyl (C=O) groups is 4. The Morgan fingerprint density at radius 3 is 1.63 bits per heavy atom. The molecule has 14 nitrogen and oxygen atoms in total. The van der Waals surface area contributed by atoms with E-state index in [1.165, 1.54) is 12.2 Å². The number of rotatable bonds is 12. The van der Waals surface area contributed by atoms with Gasteiger partial charge in [0.15, 0.2) is 0 Å². The summed E-state index contributed by atoms with van der Waals surface area (Å²) >= 11 is 0. The summed E-state index contributed by atoms with van der Waals surface area (Å²) in [6, 6.07) is 11.5. The Balaban J connectivity index is 0.000000321. The molecule has 0 radical (unpaired) electrons. The molecule has 0 unspecified atom stereocenters. The number of hydrogen-bond donors (Lipinski definition) is 1. The number of esters is 2. The minimum Gasteiger partial charge on any atom is -0.478 e. The third kappa shape index (κ3) is 16.7. The smallest absolute Gasteiger partial charge is 0.338 e. The number of carbonyl (C=O) groups excluding carboxylic acids is 3. The van der Waals surface area contributed by atoms with Crippen LogP contribution in [-0.4, -0.2) is 81.1 Å². The first-order valence-electron chi connectivity index (χ1n) is 20.1. The van der Waals surface area contributed by atoms with Crippen LogP contribution in [0, 0.1) is 25.7 Å². The molecule has 1 amide bonds. The van der Waals surface area contributed by atoms with Crippen LogP contribution in [0.5, 0.6) is 0 Å². The number of amides is 1. The lowest BCUT2D eigenvalue weighted by Crippen LogP contribution is -2.31. The number of nitrogens with zero attached hydrogens (tertiary/aromatic N) is 3. The maximum Gasteiger partial charge on any atom is 0.338 e. The lowest BCUT2D eigenvalue weighted by molar-refractivity contribution is -0.131. The van der Waals surface area contributed by atoms with Gasteiger partial charge in [0.25, 0.3) is 0 Å². The highest BCUT2D eigenvalue weighted by molar-refractivity contribution is 5.93. The number of aliphatic carboxylic acids is 1. The molecule has 0 saturated carbocycles. The van der Waals surface area contributed by atoms with E-state index in [0.29, 0.717) is 43.2 Å². The van der Waals surface area contributed by atoms with Gasteiger partial charge in [-0.3, -0.25) is 4.79 Å². The van der Waals surface area contributed by atoms with Crippen LogP contribution >= 0.6 is 0 Å². The van der Waals surface area contributed by atoms with Crippen LogP contribution in [-0.2, 0) is 50.9 Å². The molecular formula is C46H59N3O11. The number of carboxylic acids is 1. The van der Waals surface area contributed by atoms with Crippen molar-refractivity contribution in [3.63, 3.8) is 0 Å². The Bertz CT molecular complexity index is 1900. The van der Waals surface area contributed by atoms with Crippen LogP contribution in [0.4, 0.5) is 0 Å². The summed E-state index contributed by atoms with van der Waals surface area (Å²) in [4.78, 5) is 50.8. The van der Waals surface area contributed by atoms with Crippen molar-refractivity contribution in [3.8, 4) is 0 Å². The van der Waals surface area contributed by atoms with Gasteiger partial charge in [0.1, 0.15) is 25.8 Å². The van der Waals surface area contributed by atoms with Gasteiger partial charge in [0.2, 0.25) is 5.91 Å². The Kier molecular flexibility index (Phi) is 21.8. The summed E-state index contributed by atoms with van der Waals surface area (Å²) in [6.07, 6.45) is 16.6. The fraction of sp³-hybridized carbons (Fsp3) is 0.478. The van der Waals surface area contributed by atoms with Gasteiger partial charge in [-0.05, 0) is 90.3 Å². The quantitative estimate of drug-likeness (QED) is 0.0408. The van der Waals surface area contributed by atoms with Gasteiger partial charge in [-0.1, -0.05) is 86.7 Å². The second-order valence-corrected chi connectivity index (χ2v) is 14.9. The van der Waals surface area contributed by atoms with Crippen molar-refractivity contribution in [2.75, 3.05) is 27.8 Å². The Labute approximate surface area is 352 Å². The lowest BCUT2D eigenvalue weighted by Gasteiger charge is -2.28. The predicted molar refractivity (Wildman–Crippen MR) is 226 cm³/mol. The molecule has 2 aliphatic rings. The van der Waals surface area contributed by atoms with Crippen LogP contribution in [0.15, 0.2) is 90.1 Å². The topological polar surface area (TPSA) is 193 Å². The summed E-state index contributed by atoms with van der Waals surface area (Å²) in [5.41, 5.74) is 13.0. The molecule has 0 bridgehead atoms. The zero-order valence-corrected chi connectivity index (χ0v) is 35.5. The van der Waals surface area contributed by atoms with E-state index in [9.17, 15) is 19.2 Å². The van der Waals surface area contributed by atoms with E-state index >= 15 is 0 Å². The molecule has 0 aromatic heterocycles. The molecular weight excluding hydrogens is 771 g/mol. The van der Waals surface area contributed by atoms with Crippen LogP contribution in [0.2, 0.25) is 0 Å². The molecule has 1 N–H and O–H groups in total. The first-order valence-corrected chi connectivity index (χ1v) is 20.1. The molecule has 2 heterocycles. The van der Waals surface area contributed by atoms with Crippen molar-refractivity contribution in [3.05, 3.63) is 129 Å². The number of carboxylic acid groups (broad SMARTS) is 1. The average molecular weight is 830 g/mol. The molecule has 2 aromatic rings. The molecule has 2 aromatic carbocycles. The second kappa shape index (κ2) is 26.7. The van der Waals surface area contributed by atoms with Gasteiger partial charge >= 0.3 is 17.9 Å². The van der Waals surface area contributed by atoms with Crippen LogP contribution in [0.1, 0.15) is 95.3 Å². The number of azide groups is 1. The molecule has 0 spiro atoms. The third-order valence-electron chi connectivity index (χ3n) is 10.2. The first kappa shape index (κ1) is 49.0. The molecule has 324 valence electrons. The van der Waals surface area contributed by atoms with Crippen molar-refractivity contribution in [1.29, 1.82) is 0 Å². The minimum atomic E-state index is -1.03. The van der Waals surface area contributed by atoms with Crippen molar-refractivity contribution < 1.29 is 52.7 Å². The normalized spacial score (nSPS) is 23.6. The molecule has 6 atom stereocenters. The van der Waals surface area contributed by atoms with Crippen molar-refractivity contribution in [2.24, 2.45) is 17.0 Å². The SMILES string of the molecule is COCO[C@@H]1C[C@H](C/C=C/C(=O)N=[N+]=[N-])OC(=O)c2c(C)cccc2C/C=C/C[C@@H]1C.COCO[C@@H]1C[C@H](C/C=C/C(=O)O)OC(=O)c2c(C)cccc2C/C=C/C[C@@H]1C. The molecule has 0 aliphatic carbocycles. The molecule has 2 aliphatic heterocycles. The fourth-order valence-corrected chi connectivity index (χ4v) is 7.01. The van der Waals surface area contributed by atoms with Crippen molar-refractivity contribution in [2.45, 2.75) is 103 Å². The third-order valence-corrected chi connectivity index (χ3v) is 10.2. The van der Waals surface area contributed by atoms with Gasteiger partial charge in [0.05, 0.1) is 23.3 Å². The largest absolute Gasteiger partial charge is 0.478 e. The average Bonchev–Trinajstić information content (AvgIpc) is 3.20. The number of hydrogen-bond acceptors (Lipinski definition) is 10. The molecule has 60 heavy (non-hydrogen) atoms. The summed E-state index contributed by atoms with van der Waals surface area (Å²) in [5, 5.41) is 11.9. The van der Waals surface area contributed by atoms with Crippen LogP contribution in [0.25, 0.3) is 10.4 Å². The Hall–Kier alpha value is -5.37. The highest BCUT2D eigenvalue weighted by Crippen LogP contribution is 2.27. The number of methoxy groups -OCH3 is 2. The monoisotopic (exact) mass is 829 g/mol. The Morgan fingerprint density at radius 1 is 0.767 bits per heavy atom. The fourth-order valence-electron chi connectivity index (χ4n) is 7.01. The molecule has 14 heteroatoms. The van der Waals surface area contributed by atoms with E-state index in [4.69, 9.17) is 39.1 Å². The summed E-state index contributed by atoms with van der Waals surface area (Å²) in [6.45, 7) is 8.21. The number of allylic oxidation sites excluding steroid dienone is 4. The summed E-state index contributed by atoms with van der Waals surface area (Å²) < 4.78 is 33.6. The zero-order chi connectivity index (χ0) is 43.9. The van der Waals surface area contributed by atoms with E-state index < -0.39 is 30.1 Å². The van der Waals surface area contributed by atoms with E-state index in [1.807, 2.05) is 50.2 Å². The molecule has 0 saturated heterocycles. The number of fused-ring (bicyclic) bond motifs is 2. The van der Waals surface area contributed by atoms with E-state index in [-0.39, 0.29) is 50.0 Å². The summed E-state index contributed by atoms with van der Waals surface area (Å²) in [7, 11) is 3.12. The lowest BCUT2D eigenvalue weighted by atomic mass is 9.93. The van der Waals surface area contributed by atoms with Crippen LogP contribution < -0.4 is 0 Å². The predicted octanol–water partition coefficient (Wildman–Crippen LogP) is 8.89. The second-order valence-electron chi connectivity index (χ2n) is 14.9. The van der Waals surface area contributed by atoms with E-state index in [1.54, 1.807) is 20.3 Å². The highest BCUT2D eigenvalue weighted by atomic mass is 16.7. The van der Waals surface area contributed by atoms with E-state index in [0.717, 1.165) is 41.2 Å². The number of benzene rings is 2. The standard InChI is InChI=1S/C23H29N3O5.C23H30O6/c1-16-8-4-5-10-18-11-6-9-17(2)22(18)23(28)31-19(14-20(16)30-15-29-3)12-7-13-21(27)25-26-24;1-16-8-4-5-10-18-11-6-9-17(2)22(18)23(26)29-19(12-7-13-21(24)25)14-20(16)28-15-27-3/h4-7,9,11,13,16,19-20H,8,10,12,14-15H2,1-3H3;4-7,9,11,13,16,19-20H,8,10,12,14-15H2,1-3H3,(H,24,25)/b2*5-4+,13-7+/t2*16-,19-,20+/m00/s1. The zero-order valence-electron chi connectivity index (χ0n) is 35.5. The van der Waals surface area contributed by atoms with Crippen molar-refractivity contribution in [1.82, 2.24) is 0 Å². The first-order chi connectivity index (χ1) is 28.9. The van der Waals surface area contributed by atoms with Gasteiger partial charge in [-0.15, -0.1) is 0 Å². The highest BCUT2D eigenvalue weighted by Gasteiger charge is 2.28. The van der Waals surface area contributed by atoms with Gasteiger partial charge in [-0.2, -0.15) is 0 Å². The number of ether oxygens (including phenoxy) is 6. The van der Waals surface area contributed by atoms with Crippen LogP contribution in [0.3, 0.4) is 0 Å². The maximum absolute atomic E-state index is 13.1. The Morgan fingerprint density at radius 2 is 1.22 bits per heavy atom. The van der Waals surface area contributed by atoms with Crippen molar-refractivity contribution >= 4 is 23.8 Å². The number of aryl methyl sites for hydroxylation is 2. The number of cyclic esters (lactones) is 2. The summed E-state index contributed by atoms with van der Waals surface area (Å²) in [5.74, 6) is -2.18. The van der Waals surface area contributed by atoms with Gasteiger partial charge in [-0.25, -0.2) is 14.4 Å². The minimum absolute atomic E-state index is 0.131. The van der Waals surface area contributed by atoms with Gasteiger partial charge < -0.3 is 33.5 Å². The molecule has 0 fully saturated rings.